The smallest absolute Gasteiger partial charge is 0.231 e. The minimum Gasteiger partial charge on any atom is -0.454 e. The fraction of sp³-hybridized carbons (Fsp3) is 0.333. The van der Waals surface area contributed by atoms with Crippen LogP contribution in [0.5, 0.6) is 11.5 Å². The number of nitrogens with one attached hydrogen (secondary N) is 1. The summed E-state index contributed by atoms with van der Waals surface area (Å²) in [4.78, 5) is 4.78. The third-order valence-corrected chi connectivity index (χ3v) is 2.69. The Hall–Kier alpha value is -0.780. The second-order valence-electron chi connectivity index (χ2n) is 2.82. The highest BCUT2D eigenvalue weighted by molar-refractivity contribution is 9.10. The lowest BCUT2D eigenvalue weighted by Gasteiger charge is -2.06. The molecule has 5 heteroatoms. The first kappa shape index (κ1) is 9.76. The normalized spacial score (nSPS) is 13.3. The van der Waals surface area contributed by atoms with Crippen molar-refractivity contribution >= 4 is 15.9 Å². The summed E-state index contributed by atoms with van der Waals surface area (Å²) in [6, 6.07) is 3.83. The van der Waals surface area contributed by atoms with E-state index >= 15 is 0 Å². The zero-order chi connectivity index (χ0) is 9.97. The molecule has 2 rings (SSSR count). The first-order valence-corrected chi connectivity index (χ1v) is 4.94. The van der Waals surface area contributed by atoms with E-state index < -0.39 is 0 Å². The maximum absolute atomic E-state index is 5.26. The van der Waals surface area contributed by atoms with Gasteiger partial charge in [0.15, 0.2) is 11.5 Å². The van der Waals surface area contributed by atoms with Crippen LogP contribution in [0.2, 0.25) is 0 Å². The van der Waals surface area contributed by atoms with Crippen molar-refractivity contribution < 1.29 is 14.3 Å². The van der Waals surface area contributed by atoms with Crippen molar-refractivity contribution in [2.45, 2.75) is 6.54 Å². The first-order chi connectivity index (χ1) is 6.81. The van der Waals surface area contributed by atoms with Gasteiger partial charge >= 0.3 is 0 Å². The number of hydrogen-bond acceptors (Lipinski definition) is 4. The van der Waals surface area contributed by atoms with Crippen molar-refractivity contribution in [3.8, 4) is 11.5 Å². The number of hydrogen-bond donors (Lipinski definition) is 1. The number of fused-ring (bicyclic) bond motifs is 1. The van der Waals surface area contributed by atoms with Gasteiger partial charge in [-0.2, -0.15) is 5.48 Å². The average Bonchev–Trinajstić information content (AvgIpc) is 2.61. The standard InChI is InChI=1S/C9H10BrNO3/c1-12-11-4-6-2-8-9(3-7(6)10)14-5-13-8/h2-3,11H,4-5H2,1H3. The Morgan fingerprint density at radius 1 is 1.43 bits per heavy atom. The van der Waals surface area contributed by atoms with Gasteiger partial charge in [0.05, 0.1) is 7.11 Å². The third-order valence-electron chi connectivity index (χ3n) is 1.95. The fourth-order valence-electron chi connectivity index (χ4n) is 1.24. The van der Waals surface area contributed by atoms with E-state index in [4.69, 9.17) is 14.3 Å². The summed E-state index contributed by atoms with van der Waals surface area (Å²) in [5.41, 5.74) is 3.84. The molecular formula is C9H10BrNO3. The zero-order valence-corrected chi connectivity index (χ0v) is 9.26. The Morgan fingerprint density at radius 2 is 2.14 bits per heavy atom. The Bertz CT molecular complexity index is 343. The van der Waals surface area contributed by atoms with Crippen LogP contribution in [0, 0.1) is 0 Å². The van der Waals surface area contributed by atoms with Crippen LogP contribution < -0.4 is 15.0 Å². The second-order valence-corrected chi connectivity index (χ2v) is 3.68. The fourth-order valence-corrected chi connectivity index (χ4v) is 1.71. The highest BCUT2D eigenvalue weighted by Crippen LogP contribution is 2.36. The Kier molecular flexibility index (Phi) is 2.90. The number of hydroxylamine groups is 1. The Morgan fingerprint density at radius 3 is 2.86 bits per heavy atom. The van der Waals surface area contributed by atoms with Crippen molar-refractivity contribution in [3.05, 3.63) is 22.2 Å². The van der Waals surface area contributed by atoms with Gasteiger partial charge < -0.3 is 14.3 Å². The Labute approximate surface area is 90.2 Å². The minimum absolute atomic E-state index is 0.295. The van der Waals surface area contributed by atoms with Crippen molar-refractivity contribution in [2.75, 3.05) is 13.9 Å². The van der Waals surface area contributed by atoms with Crippen molar-refractivity contribution in [3.63, 3.8) is 0 Å². The van der Waals surface area contributed by atoms with Gasteiger partial charge in [-0.15, -0.1) is 0 Å². The molecule has 1 N–H and O–H groups in total. The summed E-state index contributed by atoms with van der Waals surface area (Å²) in [5.74, 6) is 1.55. The van der Waals surface area contributed by atoms with Crippen LogP contribution in [0.1, 0.15) is 5.56 Å². The van der Waals surface area contributed by atoms with E-state index in [9.17, 15) is 0 Å². The van der Waals surface area contributed by atoms with Gasteiger partial charge in [-0.3, -0.25) is 0 Å². The predicted octanol–water partition coefficient (Wildman–Crippen LogP) is 1.83. The van der Waals surface area contributed by atoms with E-state index in [0.717, 1.165) is 21.5 Å². The van der Waals surface area contributed by atoms with Gasteiger partial charge in [-0.05, 0) is 17.7 Å². The molecule has 0 spiro atoms. The van der Waals surface area contributed by atoms with Crippen LogP contribution in [0.4, 0.5) is 0 Å². The molecule has 0 fully saturated rings. The highest BCUT2D eigenvalue weighted by atomic mass is 79.9. The van der Waals surface area contributed by atoms with Crippen LogP contribution in [0.3, 0.4) is 0 Å². The van der Waals surface area contributed by atoms with Gasteiger partial charge in [-0.1, -0.05) is 15.9 Å². The maximum Gasteiger partial charge on any atom is 0.231 e. The Balaban J connectivity index is 2.23. The maximum atomic E-state index is 5.26. The lowest BCUT2D eigenvalue weighted by molar-refractivity contribution is 0.0865. The molecule has 0 amide bonds. The van der Waals surface area contributed by atoms with Crippen molar-refractivity contribution in [2.24, 2.45) is 0 Å². The van der Waals surface area contributed by atoms with E-state index in [-0.39, 0.29) is 0 Å². The van der Waals surface area contributed by atoms with Crippen LogP contribution >= 0.6 is 15.9 Å². The molecule has 0 bridgehead atoms. The predicted molar refractivity (Wildman–Crippen MR) is 54.1 cm³/mol. The largest absolute Gasteiger partial charge is 0.454 e. The van der Waals surface area contributed by atoms with Crippen molar-refractivity contribution in [1.82, 2.24) is 5.48 Å². The average molecular weight is 260 g/mol. The number of rotatable bonds is 3. The van der Waals surface area contributed by atoms with Gasteiger partial charge in [0.25, 0.3) is 0 Å². The molecule has 1 heterocycles. The quantitative estimate of drug-likeness (QED) is 0.841. The molecular weight excluding hydrogens is 250 g/mol. The van der Waals surface area contributed by atoms with E-state index in [2.05, 4.69) is 21.4 Å². The van der Waals surface area contributed by atoms with E-state index in [1.165, 1.54) is 0 Å². The molecule has 0 radical (unpaired) electrons. The van der Waals surface area contributed by atoms with E-state index in [0.29, 0.717) is 13.3 Å². The molecule has 1 aliphatic rings. The monoisotopic (exact) mass is 259 g/mol. The molecule has 1 aromatic carbocycles. The second kappa shape index (κ2) is 4.16. The summed E-state index contributed by atoms with van der Waals surface area (Å²) >= 11 is 3.45. The third kappa shape index (κ3) is 1.84. The summed E-state index contributed by atoms with van der Waals surface area (Å²) < 4.78 is 11.5. The van der Waals surface area contributed by atoms with Gasteiger partial charge in [0.1, 0.15) is 0 Å². The van der Waals surface area contributed by atoms with E-state index in [1.807, 2.05) is 12.1 Å². The van der Waals surface area contributed by atoms with E-state index in [1.54, 1.807) is 7.11 Å². The summed E-state index contributed by atoms with van der Waals surface area (Å²) in [7, 11) is 1.58. The van der Waals surface area contributed by atoms with Crippen LogP contribution in [-0.4, -0.2) is 13.9 Å². The molecule has 0 saturated carbocycles. The van der Waals surface area contributed by atoms with Gasteiger partial charge in [0, 0.05) is 11.0 Å². The number of benzene rings is 1. The molecule has 0 atom stereocenters. The van der Waals surface area contributed by atoms with Gasteiger partial charge in [0.2, 0.25) is 6.79 Å². The first-order valence-electron chi connectivity index (χ1n) is 4.15. The molecule has 1 aliphatic heterocycles. The topological polar surface area (TPSA) is 39.7 Å². The van der Waals surface area contributed by atoms with Gasteiger partial charge in [-0.25, -0.2) is 0 Å². The molecule has 1 aromatic rings. The van der Waals surface area contributed by atoms with Crippen molar-refractivity contribution in [1.29, 1.82) is 0 Å². The number of halogens is 1. The van der Waals surface area contributed by atoms with Crippen LogP contribution in [0.15, 0.2) is 16.6 Å². The highest BCUT2D eigenvalue weighted by Gasteiger charge is 2.15. The molecule has 14 heavy (non-hydrogen) atoms. The number of ether oxygens (including phenoxy) is 2. The lowest BCUT2D eigenvalue weighted by atomic mass is 10.2. The molecule has 0 unspecified atom stereocenters. The zero-order valence-electron chi connectivity index (χ0n) is 7.67. The molecule has 0 aliphatic carbocycles. The van der Waals surface area contributed by atoms with Crippen LogP contribution in [0.25, 0.3) is 0 Å². The van der Waals surface area contributed by atoms with Crippen LogP contribution in [-0.2, 0) is 11.4 Å². The summed E-state index contributed by atoms with van der Waals surface area (Å²) in [5, 5.41) is 0. The minimum atomic E-state index is 0.295. The molecule has 0 saturated heterocycles. The molecule has 0 aromatic heterocycles. The molecule has 76 valence electrons. The summed E-state index contributed by atoms with van der Waals surface area (Å²) in [6.07, 6.45) is 0. The summed E-state index contributed by atoms with van der Waals surface area (Å²) in [6.45, 7) is 0.913. The SMILES string of the molecule is CONCc1cc2c(cc1Br)OCO2. The lowest BCUT2D eigenvalue weighted by Crippen LogP contribution is -2.11. The molecule has 4 nitrogen and oxygen atoms in total.